The molecule has 0 saturated carbocycles. The average molecular weight is 307 g/mol. The molecule has 0 radical (unpaired) electrons. The van der Waals surface area contributed by atoms with E-state index < -0.39 is 11.9 Å². The Morgan fingerprint density at radius 2 is 2.00 bits per heavy atom. The smallest absolute Gasteiger partial charge is 0.414 e. The maximum Gasteiger partial charge on any atom is 0.414 e. The van der Waals surface area contributed by atoms with E-state index >= 15 is 0 Å². The molecular weight excluding hydrogens is 289 g/mol. The van der Waals surface area contributed by atoms with Crippen molar-refractivity contribution >= 4 is 23.3 Å². The minimum atomic E-state index is -0.508. The molecule has 1 aromatic carbocycles. The van der Waals surface area contributed by atoms with E-state index in [0.717, 1.165) is 0 Å². The molecule has 1 aromatic rings. The molecule has 2 heterocycles. The second kappa shape index (κ2) is 5.92. The van der Waals surface area contributed by atoms with E-state index in [4.69, 9.17) is 10.5 Å². The van der Waals surface area contributed by atoms with Crippen LogP contribution >= 0.6 is 0 Å². The zero-order valence-corrected chi connectivity index (χ0v) is 12.1. The second-order valence-corrected chi connectivity index (χ2v) is 5.51. The number of hydrogen-bond acceptors (Lipinski definition) is 5. The summed E-state index contributed by atoms with van der Waals surface area (Å²) in [5, 5.41) is 0. The van der Waals surface area contributed by atoms with Crippen LogP contribution < -0.4 is 15.5 Å². The molecule has 0 unspecified atom stereocenters. The van der Waals surface area contributed by atoms with Crippen LogP contribution in [-0.2, 0) is 9.53 Å². The van der Waals surface area contributed by atoms with Crippen LogP contribution in [-0.4, -0.2) is 44.2 Å². The predicted molar refractivity (Wildman–Crippen MR) is 79.5 cm³/mol. The number of Topliss-reactive ketones (excluding diaryl/α,β-unsaturated/α-hetero) is 1. The Balaban J connectivity index is 1.78. The van der Waals surface area contributed by atoms with Gasteiger partial charge in [-0.15, -0.1) is 0 Å². The monoisotopic (exact) mass is 307 g/mol. The Morgan fingerprint density at radius 1 is 1.27 bits per heavy atom. The number of carbonyl (C=O) groups excluding carboxylic acids is 2. The molecule has 7 heteroatoms. The Kier molecular flexibility index (Phi) is 3.98. The summed E-state index contributed by atoms with van der Waals surface area (Å²) in [4.78, 5) is 26.2. The molecule has 0 spiro atoms. The lowest BCUT2D eigenvalue weighted by atomic mass is 10.1. The van der Waals surface area contributed by atoms with Crippen molar-refractivity contribution in [2.45, 2.75) is 18.9 Å². The van der Waals surface area contributed by atoms with Crippen LogP contribution in [0.15, 0.2) is 18.2 Å². The lowest BCUT2D eigenvalue weighted by Crippen LogP contribution is -2.34. The number of cyclic esters (lactones) is 1. The Bertz CT molecular complexity index is 598. The number of anilines is 2. The number of piperidine rings is 1. The van der Waals surface area contributed by atoms with E-state index in [-0.39, 0.29) is 18.4 Å². The summed E-state index contributed by atoms with van der Waals surface area (Å²) >= 11 is 0. The van der Waals surface area contributed by atoms with Gasteiger partial charge in [0, 0.05) is 32.5 Å². The number of amides is 1. The van der Waals surface area contributed by atoms with Crippen LogP contribution in [0.3, 0.4) is 0 Å². The van der Waals surface area contributed by atoms with Crippen molar-refractivity contribution in [3.63, 3.8) is 0 Å². The summed E-state index contributed by atoms with van der Waals surface area (Å²) in [5.41, 5.74) is 6.40. The first kappa shape index (κ1) is 14.8. The number of hydrogen-bond donors (Lipinski definition) is 1. The van der Waals surface area contributed by atoms with Gasteiger partial charge in [0.1, 0.15) is 17.7 Å². The number of nitrogens with zero attached hydrogens (tertiary/aromatic N) is 2. The first-order valence-electron chi connectivity index (χ1n) is 7.33. The fourth-order valence-electron chi connectivity index (χ4n) is 2.77. The number of carbonyl (C=O) groups is 2. The molecule has 0 bridgehead atoms. The minimum absolute atomic E-state index is 0.209. The molecule has 2 N–H and O–H groups in total. The molecule has 118 valence electrons. The largest absolute Gasteiger partial charge is 0.443 e. The van der Waals surface area contributed by atoms with Gasteiger partial charge in [0.25, 0.3) is 0 Å². The highest BCUT2D eigenvalue weighted by atomic mass is 19.1. The third-order valence-corrected chi connectivity index (χ3v) is 4.04. The van der Waals surface area contributed by atoms with E-state index in [1.165, 1.54) is 11.0 Å². The third kappa shape index (κ3) is 2.76. The van der Waals surface area contributed by atoms with Gasteiger partial charge in [-0.25, -0.2) is 9.18 Å². The summed E-state index contributed by atoms with van der Waals surface area (Å²) in [7, 11) is 0. The van der Waals surface area contributed by atoms with Crippen molar-refractivity contribution in [2.75, 3.05) is 36.0 Å². The van der Waals surface area contributed by atoms with Crippen molar-refractivity contribution in [2.24, 2.45) is 5.73 Å². The van der Waals surface area contributed by atoms with Gasteiger partial charge in [0.15, 0.2) is 0 Å². The average Bonchev–Trinajstić information content (AvgIpc) is 2.89. The minimum Gasteiger partial charge on any atom is -0.443 e. The van der Waals surface area contributed by atoms with Gasteiger partial charge in [0.2, 0.25) is 0 Å². The molecule has 22 heavy (non-hydrogen) atoms. The van der Waals surface area contributed by atoms with Gasteiger partial charge in [-0.2, -0.15) is 0 Å². The van der Waals surface area contributed by atoms with E-state index in [1.54, 1.807) is 12.1 Å². The maximum atomic E-state index is 14.4. The highest BCUT2D eigenvalue weighted by Gasteiger charge is 2.32. The van der Waals surface area contributed by atoms with Crippen molar-refractivity contribution < 1.29 is 18.7 Å². The SMILES string of the molecule is NC[C@H]1CN(c2ccc(N3CCC(=O)CC3)c(F)c2)C(=O)O1. The lowest BCUT2D eigenvalue weighted by Gasteiger charge is -2.28. The molecule has 2 aliphatic rings. The van der Waals surface area contributed by atoms with Crippen LogP contribution in [0.1, 0.15) is 12.8 Å². The number of ketones is 1. The normalized spacial score (nSPS) is 22.2. The number of halogens is 1. The number of nitrogens with two attached hydrogens (primary N) is 1. The van der Waals surface area contributed by atoms with Crippen LogP contribution in [0.2, 0.25) is 0 Å². The second-order valence-electron chi connectivity index (χ2n) is 5.51. The molecule has 2 aliphatic heterocycles. The van der Waals surface area contributed by atoms with E-state index in [1.807, 2.05) is 4.90 Å². The van der Waals surface area contributed by atoms with Crippen molar-refractivity contribution in [1.82, 2.24) is 0 Å². The molecule has 3 rings (SSSR count). The summed E-state index contributed by atoms with van der Waals surface area (Å²) in [6.07, 6.45) is 0.0184. The Labute approximate surface area is 127 Å². The Hall–Kier alpha value is -2.15. The fourth-order valence-corrected chi connectivity index (χ4v) is 2.77. The fraction of sp³-hybridized carbons (Fsp3) is 0.467. The topological polar surface area (TPSA) is 75.9 Å². The van der Waals surface area contributed by atoms with Gasteiger partial charge < -0.3 is 15.4 Å². The standard InChI is InChI=1S/C15H18FN3O3/c16-13-7-10(19-9-12(8-17)22-15(19)21)1-2-14(13)18-5-3-11(20)4-6-18/h1-2,7,12H,3-6,8-9,17H2/t12-/m0/s1. The molecule has 6 nitrogen and oxygen atoms in total. The number of benzene rings is 1. The van der Waals surface area contributed by atoms with E-state index in [0.29, 0.717) is 43.9 Å². The summed E-state index contributed by atoms with van der Waals surface area (Å²) in [6.45, 7) is 1.61. The summed E-state index contributed by atoms with van der Waals surface area (Å²) in [5.74, 6) is -0.197. The molecule has 2 saturated heterocycles. The highest BCUT2D eigenvalue weighted by molar-refractivity contribution is 5.90. The van der Waals surface area contributed by atoms with Crippen molar-refractivity contribution in [1.29, 1.82) is 0 Å². The first-order chi connectivity index (χ1) is 10.6. The molecule has 0 aliphatic carbocycles. The summed E-state index contributed by atoms with van der Waals surface area (Å²) in [6, 6.07) is 4.66. The van der Waals surface area contributed by atoms with Crippen LogP contribution in [0, 0.1) is 5.82 Å². The van der Waals surface area contributed by atoms with Crippen LogP contribution in [0.4, 0.5) is 20.6 Å². The van der Waals surface area contributed by atoms with E-state index in [9.17, 15) is 14.0 Å². The lowest BCUT2D eigenvalue weighted by molar-refractivity contribution is -0.119. The zero-order valence-electron chi connectivity index (χ0n) is 12.1. The van der Waals surface area contributed by atoms with Crippen molar-refractivity contribution in [3.8, 4) is 0 Å². The predicted octanol–water partition coefficient (Wildman–Crippen LogP) is 1.28. The molecular formula is C15H18FN3O3. The quantitative estimate of drug-likeness (QED) is 0.910. The van der Waals surface area contributed by atoms with E-state index in [2.05, 4.69) is 0 Å². The number of rotatable bonds is 3. The molecule has 1 amide bonds. The van der Waals surface area contributed by atoms with Crippen LogP contribution in [0.5, 0.6) is 0 Å². The maximum absolute atomic E-state index is 14.4. The highest BCUT2D eigenvalue weighted by Crippen LogP contribution is 2.28. The summed E-state index contributed by atoms with van der Waals surface area (Å²) < 4.78 is 19.4. The van der Waals surface area contributed by atoms with Gasteiger partial charge >= 0.3 is 6.09 Å². The van der Waals surface area contributed by atoms with Gasteiger partial charge in [-0.05, 0) is 18.2 Å². The molecule has 0 aromatic heterocycles. The number of ether oxygens (including phenoxy) is 1. The van der Waals surface area contributed by atoms with Gasteiger partial charge in [-0.1, -0.05) is 0 Å². The molecule has 1 atom stereocenters. The third-order valence-electron chi connectivity index (χ3n) is 4.04. The van der Waals surface area contributed by atoms with Crippen molar-refractivity contribution in [3.05, 3.63) is 24.0 Å². The van der Waals surface area contributed by atoms with Gasteiger partial charge in [-0.3, -0.25) is 9.69 Å². The van der Waals surface area contributed by atoms with Gasteiger partial charge in [0.05, 0.1) is 17.9 Å². The zero-order chi connectivity index (χ0) is 15.7. The Morgan fingerprint density at radius 3 is 2.59 bits per heavy atom. The first-order valence-corrected chi connectivity index (χ1v) is 7.33. The molecule has 2 fully saturated rings. The van der Waals surface area contributed by atoms with Crippen LogP contribution in [0.25, 0.3) is 0 Å².